The van der Waals surface area contributed by atoms with Crippen molar-refractivity contribution in [3.8, 4) is 11.3 Å². The summed E-state index contributed by atoms with van der Waals surface area (Å²) >= 11 is 0. The maximum absolute atomic E-state index is 4.68. The van der Waals surface area contributed by atoms with E-state index in [0.29, 0.717) is 0 Å². The van der Waals surface area contributed by atoms with Gasteiger partial charge in [-0.25, -0.2) is 4.68 Å². The molecule has 1 aliphatic heterocycles. The summed E-state index contributed by atoms with van der Waals surface area (Å²) in [6.45, 7) is 4.18. The topological polar surface area (TPSA) is 29.9 Å². The molecule has 0 radical (unpaired) electrons. The Kier molecular flexibility index (Phi) is 3.27. The van der Waals surface area contributed by atoms with Crippen LogP contribution in [0.2, 0.25) is 0 Å². The molecule has 1 aliphatic rings. The van der Waals surface area contributed by atoms with E-state index in [1.807, 2.05) is 13.0 Å². The molecule has 114 valence electrons. The number of hydrogen-bond acceptors (Lipinski definition) is 2. The van der Waals surface area contributed by atoms with Crippen molar-refractivity contribution in [1.82, 2.24) is 9.78 Å². The molecule has 3 nitrogen and oxygen atoms in total. The third kappa shape index (κ3) is 2.44. The van der Waals surface area contributed by atoms with Gasteiger partial charge in [-0.1, -0.05) is 54.6 Å². The van der Waals surface area contributed by atoms with Crippen molar-refractivity contribution in [3.63, 3.8) is 0 Å². The number of anilines is 1. The minimum absolute atomic E-state index is 0.0208. The predicted molar refractivity (Wildman–Crippen MR) is 95.3 cm³/mol. The van der Waals surface area contributed by atoms with Gasteiger partial charge in [0.25, 0.3) is 0 Å². The highest BCUT2D eigenvalue weighted by Crippen LogP contribution is 2.38. The average Bonchev–Trinajstić information content (AvgIpc) is 2.96. The highest BCUT2D eigenvalue weighted by atomic mass is 15.4. The predicted octanol–water partition coefficient (Wildman–Crippen LogP) is 4.80. The number of benzene rings is 2. The molecule has 0 bridgehead atoms. The first-order valence-electron chi connectivity index (χ1n) is 7.88. The SMILES string of the molecule is Cc1cc2n(n1)[C@@H](/C=C\c1ccccc1)Nc1c(C)cccc1-2. The molecule has 0 amide bonds. The molecule has 3 aromatic rings. The highest BCUT2D eigenvalue weighted by Gasteiger charge is 2.24. The Morgan fingerprint density at radius 3 is 2.70 bits per heavy atom. The maximum Gasteiger partial charge on any atom is 0.140 e. The first kappa shape index (κ1) is 13.8. The molecule has 23 heavy (non-hydrogen) atoms. The van der Waals surface area contributed by atoms with Crippen LogP contribution in [0.15, 0.2) is 60.7 Å². The number of nitrogens with one attached hydrogen (secondary N) is 1. The lowest BCUT2D eigenvalue weighted by Gasteiger charge is -2.28. The number of nitrogens with zero attached hydrogens (tertiary/aromatic N) is 2. The van der Waals surface area contributed by atoms with Gasteiger partial charge in [0.1, 0.15) is 6.17 Å². The quantitative estimate of drug-likeness (QED) is 0.736. The van der Waals surface area contributed by atoms with Crippen molar-refractivity contribution in [2.24, 2.45) is 0 Å². The van der Waals surface area contributed by atoms with Crippen molar-refractivity contribution in [3.05, 3.63) is 77.5 Å². The summed E-state index contributed by atoms with van der Waals surface area (Å²) in [5.41, 5.74) is 7.07. The summed E-state index contributed by atoms with van der Waals surface area (Å²) < 4.78 is 2.07. The van der Waals surface area contributed by atoms with Crippen LogP contribution in [0.1, 0.15) is 23.0 Å². The largest absolute Gasteiger partial charge is 0.360 e. The third-order valence-corrected chi connectivity index (χ3v) is 4.23. The summed E-state index contributed by atoms with van der Waals surface area (Å²) in [6.07, 6.45) is 4.33. The van der Waals surface area contributed by atoms with E-state index in [0.717, 1.165) is 5.69 Å². The van der Waals surface area contributed by atoms with Crippen molar-refractivity contribution >= 4 is 11.8 Å². The second-order valence-electron chi connectivity index (χ2n) is 5.97. The van der Waals surface area contributed by atoms with Gasteiger partial charge in [0.05, 0.1) is 11.4 Å². The van der Waals surface area contributed by atoms with Gasteiger partial charge in [0.15, 0.2) is 0 Å². The van der Waals surface area contributed by atoms with E-state index in [-0.39, 0.29) is 6.17 Å². The molecular weight excluding hydrogens is 282 g/mol. The molecular formula is C20H19N3. The number of aromatic nitrogens is 2. The molecule has 0 saturated carbocycles. The second kappa shape index (κ2) is 5.43. The number of para-hydroxylation sites is 1. The van der Waals surface area contributed by atoms with E-state index in [1.54, 1.807) is 0 Å². The van der Waals surface area contributed by atoms with Crippen LogP contribution < -0.4 is 5.32 Å². The molecule has 0 spiro atoms. The zero-order valence-corrected chi connectivity index (χ0v) is 13.3. The minimum Gasteiger partial charge on any atom is -0.360 e. The number of fused-ring (bicyclic) bond motifs is 3. The maximum atomic E-state index is 4.68. The van der Waals surface area contributed by atoms with E-state index >= 15 is 0 Å². The van der Waals surface area contributed by atoms with Gasteiger partial charge in [0, 0.05) is 11.3 Å². The van der Waals surface area contributed by atoms with Crippen molar-refractivity contribution in [2.75, 3.05) is 5.32 Å². The summed E-state index contributed by atoms with van der Waals surface area (Å²) in [6, 6.07) is 18.9. The normalized spacial score (nSPS) is 16.0. The Morgan fingerprint density at radius 2 is 1.87 bits per heavy atom. The van der Waals surface area contributed by atoms with Crippen LogP contribution in [0.4, 0.5) is 5.69 Å². The van der Waals surface area contributed by atoms with Gasteiger partial charge >= 0.3 is 0 Å². The van der Waals surface area contributed by atoms with Crippen LogP contribution in [-0.2, 0) is 0 Å². The molecule has 3 heteroatoms. The Labute approximate surface area is 136 Å². The monoisotopic (exact) mass is 301 g/mol. The standard InChI is InChI=1S/C20H19N3/c1-14-7-6-10-17-18-13-15(2)22-23(18)19(21-20(14)17)12-11-16-8-4-3-5-9-16/h3-13,19,21H,1-2H3/b12-11-/t19-/m0/s1. The number of rotatable bonds is 2. The molecule has 0 saturated heterocycles. The Balaban J connectivity index is 1.78. The first-order valence-corrected chi connectivity index (χ1v) is 7.88. The first-order chi connectivity index (χ1) is 11.2. The lowest BCUT2D eigenvalue weighted by atomic mass is 10.0. The molecule has 0 fully saturated rings. The Hall–Kier alpha value is -2.81. The van der Waals surface area contributed by atoms with Gasteiger partial charge in [-0.15, -0.1) is 0 Å². The van der Waals surface area contributed by atoms with Gasteiger partial charge in [-0.05, 0) is 37.1 Å². The molecule has 4 rings (SSSR count). The van der Waals surface area contributed by atoms with Gasteiger partial charge < -0.3 is 5.32 Å². The Bertz CT molecular complexity index is 875. The van der Waals surface area contributed by atoms with Crippen LogP contribution >= 0.6 is 0 Å². The van der Waals surface area contributed by atoms with E-state index in [9.17, 15) is 0 Å². The molecule has 1 atom stereocenters. The summed E-state index contributed by atoms with van der Waals surface area (Å²) in [4.78, 5) is 0. The van der Waals surface area contributed by atoms with Crippen molar-refractivity contribution in [1.29, 1.82) is 0 Å². The number of aryl methyl sites for hydroxylation is 2. The van der Waals surface area contributed by atoms with Gasteiger partial charge in [-0.3, -0.25) is 0 Å². The van der Waals surface area contributed by atoms with Crippen LogP contribution in [0.5, 0.6) is 0 Å². The van der Waals surface area contributed by atoms with E-state index in [1.165, 1.54) is 28.1 Å². The summed E-state index contributed by atoms with van der Waals surface area (Å²) in [7, 11) is 0. The van der Waals surface area contributed by atoms with Crippen LogP contribution in [0.3, 0.4) is 0 Å². The highest BCUT2D eigenvalue weighted by molar-refractivity contribution is 5.81. The van der Waals surface area contributed by atoms with Crippen molar-refractivity contribution < 1.29 is 0 Å². The smallest absolute Gasteiger partial charge is 0.140 e. The summed E-state index contributed by atoms with van der Waals surface area (Å²) in [5, 5.41) is 8.30. The molecule has 1 aromatic heterocycles. The third-order valence-electron chi connectivity index (χ3n) is 4.23. The van der Waals surface area contributed by atoms with Crippen LogP contribution in [-0.4, -0.2) is 9.78 Å². The number of hydrogen-bond donors (Lipinski definition) is 1. The Morgan fingerprint density at radius 1 is 1.04 bits per heavy atom. The minimum atomic E-state index is 0.0208. The van der Waals surface area contributed by atoms with E-state index < -0.39 is 0 Å². The van der Waals surface area contributed by atoms with Crippen LogP contribution in [0.25, 0.3) is 17.3 Å². The lowest BCUT2D eigenvalue weighted by molar-refractivity contribution is 0.588. The fourth-order valence-electron chi connectivity index (χ4n) is 3.11. The van der Waals surface area contributed by atoms with E-state index in [2.05, 4.69) is 82.7 Å². The molecule has 0 aliphatic carbocycles. The van der Waals surface area contributed by atoms with Crippen molar-refractivity contribution in [2.45, 2.75) is 20.0 Å². The zero-order valence-electron chi connectivity index (χ0n) is 13.3. The summed E-state index contributed by atoms with van der Waals surface area (Å²) in [5.74, 6) is 0. The fourth-order valence-corrected chi connectivity index (χ4v) is 3.11. The average molecular weight is 301 g/mol. The second-order valence-corrected chi connectivity index (χ2v) is 5.97. The molecule has 2 heterocycles. The van der Waals surface area contributed by atoms with Gasteiger partial charge in [-0.2, -0.15) is 5.10 Å². The molecule has 1 N–H and O–H groups in total. The fraction of sp³-hybridized carbons (Fsp3) is 0.150. The van der Waals surface area contributed by atoms with Gasteiger partial charge in [0.2, 0.25) is 0 Å². The zero-order chi connectivity index (χ0) is 15.8. The molecule has 0 unspecified atom stereocenters. The van der Waals surface area contributed by atoms with E-state index in [4.69, 9.17) is 0 Å². The van der Waals surface area contributed by atoms with Crippen LogP contribution in [0, 0.1) is 13.8 Å². The molecule has 2 aromatic carbocycles. The lowest BCUT2D eigenvalue weighted by Crippen LogP contribution is -2.23.